The Morgan fingerprint density at radius 2 is 1.75 bits per heavy atom. The van der Waals surface area contributed by atoms with Crippen LogP contribution in [0.5, 0.6) is 5.75 Å². The first-order valence-electron chi connectivity index (χ1n) is 6.07. The lowest BCUT2D eigenvalue weighted by Crippen LogP contribution is -1.90. The van der Waals surface area contributed by atoms with Crippen LogP contribution in [0, 0.1) is 11.6 Å². The van der Waals surface area contributed by atoms with E-state index in [0.29, 0.717) is 16.6 Å². The van der Waals surface area contributed by atoms with Crippen molar-refractivity contribution in [3.05, 3.63) is 60.2 Å². The standard InChI is InChI=1S/C16H11F2NO/c1-20-12-4-2-3-10(7-12)15-6-5-11-8-13(17)14(18)9-16(11)19-15/h2-9H,1H3. The van der Waals surface area contributed by atoms with E-state index in [1.165, 1.54) is 0 Å². The molecule has 20 heavy (non-hydrogen) atoms. The fourth-order valence-electron chi connectivity index (χ4n) is 2.06. The van der Waals surface area contributed by atoms with Crippen molar-refractivity contribution < 1.29 is 13.5 Å². The summed E-state index contributed by atoms with van der Waals surface area (Å²) in [5, 5.41) is 0.565. The van der Waals surface area contributed by atoms with Crippen LogP contribution in [0.3, 0.4) is 0 Å². The van der Waals surface area contributed by atoms with Gasteiger partial charge in [-0.15, -0.1) is 0 Å². The highest BCUT2D eigenvalue weighted by molar-refractivity contribution is 5.81. The second-order valence-electron chi connectivity index (χ2n) is 4.39. The van der Waals surface area contributed by atoms with Crippen LogP contribution >= 0.6 is 0 Å². The van der Waals surface area contributed by atoms with E-state index < -0.39 is 11.6 Å². The van der Waals surface area contributed by atoms with Crippen molar-refractivity contribution in [3.63, 3.8) is 0 Å². The molecule has 0 fully saturated rings. The maximum absolute atomic E-state index is 13.3. The molecular weight excluding hydrogens is 260 g/mol. The number of ether oxygens (including phenoxy) is 1. The molecule has 1 heterocycles. The molecule has 3 aromatic rings. The van der Waals surface area contributed by atoms with Crippen molar-refractivity contribution >= 4 is 10.9 Å². The topological polar surface area (TPSA) is 22.1 Å². The molecule has 0 saturated heterocycles. The van der Waals surface area contributed by atoms with Gasteiger partial charge in [0.05, 0.1) is 18.3 Å². The molecule has 1 aromatic heterocycles. The Morgan fingerprint density at radius 1 is 0.950 bits per heavy atom. The van der Waals surface area contributed by atoms with Crippen LogP contribution in [-0.4, -0.2) is 12.1 Å². The molecule has 2 nitrogen and oxygen atoms in total. The molecule has 0 aliphatic carbocycles. The lowest BCUT2D eigenvalue weighted by atomic mass is 10.1. The van der Waals surface area contributed by atoms with Crippen LogP contribution in [-0.2, 0) is 0 Å². The number of hydrogen-bond acceptors (Lipinski definition) is 2. The number of benzene rings is 2. The lowest BCUT2D eigenvalue weighted by molar-refractivity contribution is 0.415. The van der Waals surface area contributed by atoms with Gasteiger partial charge in [0, 0.05) is 17.0 Å². The van der Waals surface area contributed by atoms with E-state index >= 15 is 0 Å². The summed E-state index contributed by atoms with van der Waals surface area (Å²) in [6.45, 7) is 0. The third-order valence-corrected chi connectivity index (χ3v) is 3.10. The average molecular weight is 271 g/mol. The molecule has 2 aromatic carbocycles. The summed E-state index contributed by atoms with van der Waals surface area (Å²) >= 11 is 0. The van der Waals surface area contributed by atoms with Gasteiger partial charge in [-0.25, -0.2) is 13.8 Å². The lowest BCUT2D eigenvalue weighted by Gasteiger charge is -2.06. The molecule has 0 amide bonds. The molecule has 0 unspecified atom stereocenters. The van der Waals surface area contributed by atoms with Gasteiger partial charge >= 0.3 is 0 Å². The summed E-state index contributed by atoms with van der Waals surface area (Å²) in [5.41, 5.74) is 1.96. The molecule has 3 rings (SSSR count). The average Bonchev–Trinajstić information content (AvgIpc) is 2.48. The fourth-order valence-corrected chi connectivity index (χ4v) is 2.06. The predicted molar refractivity (Wildman–Crippen MR) is 73.6 cm³/mol. The van der Waals surface area contributed by atoms with Crippen molar-refractivity contribution in [2.75, 3.05) is 7.11 Å². The van der Waals surface area contributed by atoms with Crippen LogP contribution in [0.15, 0.2) is 48.5 Å². The molecule has 0 radical (unpaired) electrons. The van der Waals surface area contributed by atoms with Gasteiger partial charge < -0.3 is 4.74 Å². The summed E-state index contributed by atoms with van der Waals surface area (Å²) < 4.78 is 31.6. The number of fused-ring (bicyclic) bond motifs is 1. The normalized spacial score (nSPS) is 10.8. The third kappa shape index (κ3) is 2.20. The maximum Gasteiger partial charge on any atom is 0.161 e. The fraction of sp³-hybridized carbons (Fsp3) is 0.0625. The first kappa shape index (κ1) is 12.5. The number of aromatic nitrogens is 1. The Bertz CT molecular complexity index is 787. The van der Waals surface area contributed by atoms with Crippen LogP contribution < -0.4 is 4.74 Å². The molecule has 4 heteroatoms. The van der Waals surface area contributed by atoms with Gasteiger partial charge in [0.15, 0.2) is 11.6 Å². The Balaban J connectivity index is 2.14. The minimum Gasteiger partial charge on any atom is -0.497 e. The second-order valence-corrected chi connectivity index (χ2v) is 4.39. The number of hydrogen-bond donors (Lipinski definition) is 0. The zero-order chi connectivity index (χ0) is 14.1. The summed E-state index contributed by atoms with van der Waals surface area (Å²) in [6.07, 6.45) is 0. The highest BCUT2D eigenvalue weighted by Crippen LogP contribution is 2.25. The van der Waals surface area contributed by atoms with Crippen molar-refractivity contribution in [2.24, 2.45) is 0 Å². The molecule has 100 valence electrons. The van der Waals surface area contributed by atoms with Crippen LogP contribution in [0.25, 0.3) is 22.2 Å². The molecule has 0 saturated carbocycles. The number of pyridine rings is 1. The monoisotopic (exact) mass is 271 g/mol. The number of rotatable bonds is 2. The van der Waals surface area contributed by atoms with Gasteiger partial charge in [0.1, 0.15) is 5.75 Å². The Kier molecular flexibility index (Phi) is 3.06. The Morgan fingerprint density at radius 3 is 2.55 bits per heavy atom. The van der Waals surface area contributed by atoms with Gasteiger partial charge in [-0.3, -0.25) is 0 Å². The van der Waals surface area contributed by atoms with Crippen LogP contribution in [0.2, 0.25) is 0 Å². The Labute approximate surface area is 114 Å². The number of methoxy groups -OCH3 is 1. The van der Waals surface area contributed by atoms with Crippen molar-refractivity contribution in [2.45, 2.75) is 0 Å². The largest absolute Gasteiger partial charge is 0.497 e. The zero-order valence-corrected chi connectivity index (χ0v) is 10.7. The van der Waals surface area contributed by atoms with Gasteiger partial charge in [-0.2, -0.15) is 0 Å². The molecule has 0 bridgehead atoms. The zero-order valence-electron chi connectivity index (χ0n) is 10.7. The van der Waals surface area contributed by atoms with E-state index in [1.807, 2.05) is 24.3 Å². The van der Waals surface area contributed by atoms with E-state index in [4.69, 9.17) is 4.74 Å². The molecule has 0 N–H and O–H groups in total. The quantitative estimate of drug-likeness (QED) is 0.697. The molecule has 0 atom stereocenters. The van der Waals surface area contributed by atoms with Crippen molar-refractivity contribution in [1.82, 2.24) is 4.98 Å². The molecular formula is C16H11F2NO. The highest BCUT2D eigenvalue weighted by atomic mass is 19.2. The highest BCUT2D eigenvalue weighted by Gasteiger charge is 2.07. The van der Waals surface area contributed by atoms with E-state index in [1.54, 1.807) is 19.2 Å². The van der Waals surface area contributed by atoms with Crippen LogP contribution in [0.1, 0.15) is 0 Å². The maximum atomic E-state index is 13.3. The van der Waals surface area contributed by atoms with E-state index in [-0.39, 0.29) is 0 Å². The van der Waals surface area contributed by atoms with Crippen molar-refractivity contribution in [3.8, 4) is 17.0 Å². The second kappa shape index (κ2) is 4.89. The summed E-state index contributed by atoms with van der Waals surface area (Å²) in [6, 6.07) is 13.2. The van der Waals surface area contributed by atoms with Crippen molar-refractivity contribution in [1.29, 1.82) is 0 Å². The third-order valence-electron chi connectivity index (χ3n) is 3.10. The predicted octanol–water partition coefficient (Wildman–Crippen LogP) is 4.19. The first-order valence-corrected chi connectivity index (χ1v) is 6.07. The van der Waals surface area contributed by atoms with E-state index in [2.05, 4.69) is 4.98 Å². The summed E-state index contributed by atoms with van der Waals surface area (Å²) in [4.78, 5) is 4.36. The number of halogens is 2. The van der Waals surface area contributed by atoms with Gasteiger partial charge in [0.25, 0.3) is 0 Å². The molecule has 0 aliphatic rings. The van der Waals surface area contributed by atoms with E-state index in [9.17, 15) is 8.78 Å². The van der Waals surface area contributed by atoms with E-state index in [0.717, 1.165) is 23.4 Å². The van der Waals surface area contributed by atoms with Gasteiger partial charge in [-0.05, 0) is 24.3 Å². The van der Waals surface area contributed by atoms with Gasteiger partial charge in [0.2, 0.25) is 0 Å². The van der Waals surface area contributed by atoms with Gasteiger partial charge in [-0.1, -0.05) is 18.2 Å². The Hall–Kier alpha value is -2.49. The first-order chi connectivity index (χ1) is 9.67. The molecule has 0 aliphatic heterocycles. The minimum absolute atomic E-state index is 0.421. The van der Waals surface area contributed by atoms with Crippen LogP contribution in [0.4, 0.5) is 8.78 Å². The summed E-state index contributed by atoms with van der Waals surface area (Å²) in [7, 11) is 1.59. The number of nitrogens with zero attached hydrogens (tertiary/aromatic N) is 1. The smallest absolute Gasteiger partial charge is 0.161 e. The minimum atomic E-state index is -0.896. The SMILES string of the molecule is COc1cccc(-c2ccc3cc(F)c(F)cc3n2)c1. The summed E-state index contributed by atoms with van der Waals surface area (Å²) in [5.74, 6) is -1.05. The molecule has 0 spiro atoms.